The number of rotatable bonds is 6. The molecule has 0 aliphatic carbocycles. The molecule has 1 aliphatic rings. The van der Waals surface area contributed by atoms with E-state index < -0.39 is 0 Å². The molecule has 4 heteroatoms. The van der Waals surface area contributed by atoms with Gasteiger partial charge in [-0.2, -0.15) is 0 Å². The second-order valence-electron chi connectivity index (χ2n) is 4.35. The number of likely N-dealkylation sites (N-methyl/N-ethyl adjacent to an activating group) is 1. The van der Waals surface area contributed by atoms with Crippen molar-refractivity contribution in [2.75, 3.05) is 39.3 Å². The molecule has 16 heavy (non-hydrogen) atoms. The Morgan fingerprint density at radius 3 is 2.88 bits per heavy atom. The maximum absolute atomic E-state index is 11.4. The zero-order valence-corrected chi connectivity index (χ0v) is 10.5. The molecule has 1 heterocycles. The molecule has 1 N–H and O–H groups in total. The summed E-state index contributed by atoms with van der Waals surface area (Å²) in [6.07, 6.45) is 2.52. The van der Waals surface area contributed by atoms with Crippen molar-refractivity contribution >= 4 is 5.97 Å². The zero-order chi connectivity index (χ0) is 11.8. The second-order valence-corrected chi connectivity index (χ2v) is 4.35. The summed E-state index contributed by atoms with van der Waals surface area (Å²) in [4.78, 5) is 13.6. The van der Waals surface area contributed by atoms with Crippen LogP contribution in [0.5, 0.6) is 0 Å². The van der Waals surface area contributed by atoms with E-state index in [0.29, 0.717) is 19.1 Å². The van der Waals surface area contributed by atoms with Crippen LogP contribution in [-0.2, 0) is 9.53 Å². The first-order chi connectivity index (χ1) is 7.76. The zero-order valence-electron chi connectivity index (χ0n) is 10.5. The molecular formula is C12H24N2O2. The molecule has 94 valence electrons. The molecule has 4 nitrogen and oxygen atoms in total. The van der Waals surface area contributed by atoms with Crippen LogP contribution in [0.25, 0.3) is 0 Å². The fourth-order valence-corrected chi connectivity index (χ4v) is 2.14. The normalized spacial score (nSPS) is 21.1. The van der Waals surface area contributed by atoms with Gasteiger partial charge in [-0.05, 0) is 45.3 Å². The summed E-state index contributed by atoms with van der Waals surface area (Å²) in [6.45, 7) is 8.98. The summed E-state index contributed by atoms with van der Waals surface area (Å²) < 4.78 is 4.97. The number of esters is 1. The number of carbonyl (C=O) groups is 1. The first kappa shape index (κ1) is 13.5. The highest BCUT2D eigenvalue weighted by molar-refractivity contribution is 5.71. The first-order valence-electron chi connectivity index (χ1n) is 6.35. The van der Waals surface area contributed by atoms with Crippen LogP contribution in [0.3, 0.4) is 0 Å². The Balaban J connectivity index is 2.27. The number of carbonyl (C=O) groups excluding carboxylic acids is 1. The highest BCUT2D eigenvalue weighted by atomic mass is 16.5. The lowest BCUT2D eigenvalue weighted by Gasteiger charge is -2.28. The molecule has 1 rings (SSSR count). The van der Waals surface area contributed by atoms with Gasteiger partial charge in [-0.3, -0.25) is 9.69 Å². The van der Waals surface area contributed by atoms with Crippen molar-refractivity contribution < 1.29 is 9.53 Å². The van der Waals surface area contributed by atoms with Crippen molar-refractivity contribution in [1.82, 2.24) is 10.2 Å². The summed E-state index contributed by atoms with van der Waals surface area (Å²) in [7, 11) is 0. The van der Waals surface area contributed by atoms with E-state index in [-0.39, 0.29) is 5.97 Å². The van der Waals surface area contributed by atoms with Crippen LogP contribution < -0.4 is 5.32 Å². The maximum Gasteiger partial charge on any atom is 0.320 e. The largest absolute Gasteiger partial charge is 0.465 e. The molecule has 0 radical (unpaired) electrons. The summed E-state index contributed by atoms with van der Waals surface area (Å²) >= 11 is 0. The molecule has 0 aromatic heterocycles. The first-order valence-corrected chi connectivity index (χ1v) is 6.35. The van der Waals surface area contributed by atoms with Gasteiger partial charge in [-0.1, -0.05) is 6.92 Å². The van der Waals surface area contributed by atoms with E-state index in [1.54, 1.807) is 0 Å². The topological polar surface area (TPSA) is 41.6 Å². The molecule has 0 bridgehead atoms. The Morgan fingerprint density at radius 2 is 2.31 bits per heavy atom. The standard InChI is InChI=1S/C12H24N2O2/c1-3-14(10-12(15)16-4-2)9-11-6-5-7-13-8-11/h11,13H,3-10H2,1-2H3. The van der Waals surface area contributed by atoms with Crippen molar-refractivity contribution in [3.8, 4) is 0 Å². The molecule has 0 aromatic rings. The molecule has 1 unspecified atom stereocenters. The quantitative estimate of drug-likeness (QED) is 0.685. The van der Waals surface area contributed by atoms with Gasteiger partial charge in [0, 0.05) is 6.54 Å². The molecule has 0 saturated carbocycles. The van der Waals surface area contributed by atoms with E-state index in [4.69, 9.17) is 4.74 Å². The third-order valence-corrected chi connectivity index (χ3v) is 3.02. The predicted molar refractivity (Wildman–Crippen MR) is 64.3 cm³/mol. The summed E-state index contributed by atoms with van der Waals surface area (Å²) in [5.74, 6) is 0.580. The van der Waals surface area contributed by atoms with E-state index in [9.17, 15) is 4.79 Å². The van der Waals surface area contributed by atoms with Gasteiger partial charge in [0.2, 0.25) is 0 Å². The van der Waals surface area contributed by atoms with Crippen LogP contribution in [0.1, 0.15) is 26.7 Å². The van der Waals surface area contributed by atoms with E-state index >= 15 is 0 Å². The van der Waals surface area contributed by atoms with E-state index in [2.05, 4.69) is 17.1 Å². The van der Waals surface area contributed by atoms with Crippen molar-refractivity contribution in [2.45, 2.75) is 26.7 Å². The number of hydrogen-bond donors (Lipinski definition) is 1. The number of ether oxygens (including phenoxy) is 1. The van der Waals surface area contributed by atoms with Gasteiger partial charge < -0.3 is 10.1 Å². The molecule has 1 fully saturated rings. The molecule has 1 atom stereocenters. The van der Waals surface area contributed by atoms with Crippen molar-refractivity contribution in [3.05, 3.63) is 0 Å². The van der Waals surface area contributed by atoms with E-state index in [1.807, 2.05) is 6.92 Å². The van der Waals surface area contributed by atoms with Gasteiger partial charge in [0.05, 0.1) is 13.2 Å². The van der Waals surface area contributed by atoms with Gasteiger partial charge in [-0.25, -0.2) is 0 Å². The Kier molecular flexibility index (Phi) is 6.42. The third-order valence-electron chi connectivity index (χ3n) is 3.02. The van der Waals surface area contributed by atoms with Crippen LogP contribution in [0, 0.1) is 5.92 Å². The van der Waals surface area contributed by atoms with Crippen molar-refractivity contribution in [3.63, 3.8) is 0 Å². The monoisotopic (exact) mass is 228 g/mol. The molecule has 0 aromatic carbocycles. The Hall–Kier alpha value is -0.610. The lowest BCUT2D eigenvalue weighted by Crippen LogP contribution is -2.40. The number of nitrogens with one attached hydrogen (secondary N) is 1. The van der Waals surface area contributed by atoms with Crippen LogP contribution in [0.2, 0.25) is 0 Å². The number of nitrogens with zero attached hydrogens (tertiary/aromatic N) is 1. The van der Waals surface area contributed by atoms with E-state index in [0.717, 1.165) is 26.2 Å². The highest BCUT2D eigenvalue weighted by Crippen LogP contribution is 2.11. The molecule has 1 saturated heterocycles. The van der Waals surface area contributed by atoms with Crippen molar-refractivity contribution in [2.24, 2.45) is 5.92 Å². The SMILES string of the molecule is CCOC(=O)CN(CC)CC1CCCNC1. The molecule has 0 amide bonds. The average molecular weight is 228 g/mol. The molecular weight excluding hydrogens is 204 g/mol. The second kappa shape index (κ2) is 7.63. The fraction of sp³-hybridized carbons (Fsp3) is 0.917. The van der Waals surface area contributed by atoms with Crippen LogP contribution in [0.4, 0.5) is 0 Å². The van der Waals surface area contributed by atoms with E-state index in [1.165, 1.54) is 12.8 Å². The molecule has 0 spiro atoms. The van der Waals surface area contributed by atoms with Gasteiger partial charge in [-0.15, -0.1) is 0 Å². The number of hydrogen-bond acceptors (Lipinski definition) is 4. The lowest BCUT2D eigenvalue weighted by atomic mass is 9.99. The smallest absolute Gasteiger partial charge is 0.320 e. The summed E-state index contributed by atoms with van der Waals surface area (Å²) in [5, 5.41) is 3.40. The van der Waals surface area contributed by atoms with Gasteiger partial charge >= 0.3 is 5.97 Å². The summed E-state index contributed by atoms with van der Waals surface area (Å²) in [5.41, 5.74) is 0. The fourth-order valence-electron chi connectivity index (χ4n) is 2.14. The highest BCUT2D eigenvalue weighted by Gasteiger charge is 2.18. The maximum atomic E-state index is 11.4. The van der Waals surface area contributed by atoms with Crippen LogP contribution >= 0.6 is 0 Å². The summed E-state index contributed by atoms with van der Waals surface area (Å²) in [6, 6.07) is 0. The lowest BCUT2D eigenvalue weighted by molar-refractivity contribution is -0.144. The predicted octanol–water partition coefficient (Wildman–Crippen LogP) is 0.871. The van der Waals surface area contributed by atoms with Crippen LogP contribution in [0.15, 0.2) is 0 Å². The van der Waals surface area contributed by atoms with Crippen LogP contribution in [-0.4, -0.2) is 50.2 Å². The third kappa shape index (κ3) is 4.94. The van der Waals surface area contributed by atoms with Gasteiger partial charge in [0.25, 0.3) is 0 Å². The average Bonchev–Trinajstić information content (AvgIpc) is 2.30. The number of piperidine rings is 1. The van der Waals surface area contributed by atoms with Gasteiger partial charge in [0.1, 0.15) is 0 Å². The minimum Gasteiger partial charge on any atom is -0.465 e. The van der Waals surface area contributed by atoms with Gasteiger partial charge in [0.15, 0.2) is 0 Å². The Bertz CT molecular complexity index is 203. The Labute approximate surface area is 98.3 Å². The minimum atomic E-state index is -0.104. The molecule has 1 aliphatic heterocycles. The van der Waals surface area contributed by atoms with Crippen molar-refractivity contribution in [1.29, 1.82) is 0 Å². The minimum absolute atomic E-state index is 0.104. The Morgan fingerprint density at radius 1 is 1.50 bits per heavy atom.